The van der Waals surface area contributed by atoms with Crippen LogP contribution in [-0.4, -0.2) is 28.4 Å². The number of hydrogen-bond acceptors (Lipinski definition) is 3. The molecule has 0 spiro atoms. The SMILES string of the molecule is CCC1CCN(c2c(CNC(C)(C)C)c(C)nn2C)C1. The van der Waals surface area contributed by atoms with Crippen molar-refractivity contribution >= 4 is 5.82 Å². The number of aromatic nitrogens is 2. The Balaban J connectivity index is 2.20. The van der Waals surface area contributed by atoms with Crippen molar-refractivity contribution in [3.63, 3.8) is 0 Å². The Morgan fingerprint density at radius 1 is 1.35 bits per heavy atom. The van der Waals surface area contributed by atoms with Gasteiger partial charge in [-0.15, -0.1) is 0 Å². The van der Waals surface area contributed by atoms with Gasteiger partial charge in [0.15, 0.2) is 0 Å². The third kappa shape index (κ3) is 3.35. The first kappa shape index (κ1) is 15.4. The molecule has 0 aliphatic carbocycles. The molecule has 2 heterocycles. The average molecular weight is 278 g/mol. The number of anilines is 1. The minimum atomic E-state index is 0.135. The largest absolute Gasteiger partial charge is 0.356 e. The molecule has 114 valence electrons. The lowest BCUT2D eigenvalue weighted by Gasteiger charge is -2.24. The maximum atomic E-state index is 4.64. The van der Waals surface area contributed by atoms with Crippen molar-refractivity contribution in [3.05, 3.63) is 11.3 Å². The fourth-order valence-corrected chi connectivity index (χ4v) is 3.00. The quantitative estimate of drug-likeness (QED) is 0.919. The molecule has 1 atom stereocenters. The fraction of sp³-hybridized carbons (Fsp3) is 0.812. The number of aryl methyl sites for hydroxylation is 2. The van der Waals surface area contributed by atoms with Crippen LogP contribution in [0.3, 0.4) is 0 Å². The van der Waals surface area contributed by atoms with E-state index < -0.39 is 0 Å². The van der Waals surface area contributed by atoms with Crippen LogP contribution in [-0.2, 0) is 13.6 Å². The van der Waals surface area contributed by atoms with Gasteiger partial charge in [0.25, 0.3) is 0 Å². The molecule has 1 unspecified atom stereocenters. The summed E-state index contributed by atoms with van der Waals surface area (Å²) in [7, 11) is 2.07. The van der Waals surface area contributed by atoms with Gasteiger partial charge in [0, 0.05) is 37.8 Å². The van der Waals surface area contributed by atoms with E-state index >= 15 is 0 Å². The molecule has 4 nitrogen and oxygen atoms in total. The van der Waals surface area contributed by atoms with Gasteiger partial charge in [0.05, 0.1) is 5.69 Å². The van der Waals surface area contributed by atoms with Crippen molar-refractivity contribution in [2.45, 2.75) is 59.5 Å². The normalized spacial score (nSPS) is 19.9. The van der Waals surface area contributed by atoms with Crippen molar-refractivity contribution in [1.29, 1.82) is 0 Å². The summed E-state index contributed by atoms with van der Waals surface area (Å²) in [5.74, 6) is 2.16. The summed E-state index contributed by atoms with van der Waals surface area (Å²) in [5, 5.41) is 8.24. The van der Waals surface area contributed by atoms with Gasteiger partial charge in [0.2, 0.25) is 0 Å². The molecule has 1 N–H and O–H groups in total. The monoisotopic (exact) mass is 278 g/mol. The molecule has 0 radical (unpaired) electrons. The summed E-state index contributed by atoms with van der Waals surface area (Å²) >= 11 is 0. The van der Waals surface area contributed by atoms with E-state index in [4.69, 9.17) is 0 Å². The molecule has 4 heteroatoms. The van der Waals surface area contributed by atoms with E-state index in [2.05, 4.69) is 61.7 Å². The third-order valence-corrected chi connectivity index (χ3v) is 4.27. The zero-order valence-corrected chi connectivity index (χ0v) is 14.0. The Labute approximate surface area is 123 Å². The molecule has 1 aromatic rings. The van der Waals surface area contributed by atoms with Gasteiger partial charge in [-0.25, -0.2) is 0 Å². The van der Waals surface area contributed by atoms with Crippen molar-refractivity contribution in [3.8, 4) is 0 Å². The van der Waals surface area contributed by atoms with Crippen molar-refractivity contribution < 1.29 is 0 Å². The molecule has 1 aliphatic rings. The second kappa shape index (κ2) is 5.76. The Hall–Kier alpha value is -1.03. The molecule has 1 aliphatic heterocycles. The topological polar surface area (TPSA) is 33.1 Å². The zero-order chi connectivity index (χ0) is 14.9. The van der Waals surface area contributed by atoms with Crippen LogP contribution in [0.5, 0.6) is 0 Å². The fourth-order valence-electron chi connectivity index (χ4n) is 3.00. The lowest BCUT2D eigenvalue weighted by atomic mass is 10.1. The number of hydrogen-bond donors (Lipinski definition) is 1. The summed E-state index contributed by atoms with van der Waals surface area (Å²) in [6.45, 7) is 14.3. The van der Waals surface area contributed by atoms with Crippen LogP contribution in [0.15, 0.2) is 0 Å². The van der Waals surface area contributed by atoms with Crippen molar-refractivity contribution in [2.24, 2.45) is 13.0 Å². The average Bonchev–Trinajstić information content (AvgIpc) is 2.90. The summed E-state index contributed by atoms with van der Waals surface area (Å²) in [5.41, 5.74) is 2.65. The Morgan fingerprint density at radius 3 is 2.60 bits per heavy atom. The number of rotatable bonds is 4. The van der Waals surface area contributed by atoms with E-state index in [1.54, 1.807) is 0 Å². The van der Waals surface area contributed by atoms with E-state index in [1.165, 1.54) is 37.3 Å². The smallest absolute Gasteiger partial charge is 0.131 e. The van der Waals surface area contributed by atoms with Crippen LogP contribution in [0.25, 0.3) is 0 Å². The first-order valence-corrected chi connectivity index (χ1v) is 7.84. The van der Waals surface area contributed by atoms with Crippen LogP contribution in [0.2, 0.25) is 0 Å². The predicted molar refractivity (Wildman–Crippen MR) is 85.1 cm³/mol. The summed E-state index contributed by atoms with van der Waals surface area (Å²) in [6, 6.07) is 0. The molecule has 1 saturated heterocycles. The second-order valence-electron chi connectivity index (χ2n) is 7.12. The standard InChI is InChI=1S/C16H30N4/c1-7-13-8-9-20(11-13)15-14(10-17-16(3,4)5)12(2)18-19(15)6/h13,17H,7-11H2,1-6H3. The minimum Gasteiger partial charge on any atom is -0.356 e. The van der Waals surface area contributed by atoms with Crippen LogP contribution in [0.4, 0.5) is 5.82 Å². The van der Waals surface area contributed by atoms with Crippen molar-refractivity contribution in [2.75, 3.05) is 18.0 Å². The maximum Gasteiger partial charge on any atom is 0.131 e. The van der Waals surface area contributed by atoms with Gasteiger partial charge in [-0.1, -0.05) is 13.3 Å². The molecule has 2 rings (SSSR count). The molecule has 0 saturated carbocycles. The van der Waals surface area contributed by atoms with Crippen LogP contribution in [0, 0.1) is 12.8 Å². The number of nitrogens with zero attached hydrogens (tertiary/aromatic N) is 3. The highest BCUT2D eigenvalue weighted by molar-refractivity contribution is 5.51. The molecular formula is C16H30N4. The summed E-state index contributed by atoms with van der Waals surface area (Å²) in [6.07, 6.45) is 2.59. The van der Waals surface area contributed by atoms with Gasteiger partial charge in [-0.3, -0.25) is 4.68 Å². The van der Waals surface area contributed by atoms with E-state index in [0.29, 0.717) is 0 Å². The zero-order valence-electron chi connectivity index (χ0n) is 14.0. The summed E-state index contributed by atoms with van der Waals surface area (Å²) < 4.78 is 2.06. The number of nitrogens with one attached hydrogen (secondary N) is 1. The van der Waals surface area contributed by atoms with E-state index in [-0.39, 0.29) is 5.54 Å². The molecule has 1 fully saturated rings. The first-order valence-electron chi connectivity index (χ1n) is 7.84. The highest BCUT2D eigenvalue weighted by Gasteiger charge is 2.27. The second-order valence-corrected chi connectivity index (χ2v) is 7.12. The predicted octanol–water partition coefficient (Wildman–Crippen LogP) is 2.85. The van der Waals surface area contributed by atoms with E-state index in [9.17, 15) is 0 Å². The molecule has 0 amide bonds. The van der Waals surface area contributed by atoms with Gasteiger partial charge < -0.3 is 10.2 Å². The third-order valence-electron chi connectivity index (χ3n) is 4.27. The van der Waals surface area contributed by atoms with Crippen molar-refractivity contribution in [1.82, 2.24) is 15.1 Å². The van der Waals surface area contributed by atoms with Crippen LogP contribution in [0.1, 0.15) is 51.8 Å². The molecule has 20 heavy (non-hydrogen) atoms. The first-order chi connectivity index (χ1) is 9.31. The lowest BCUT2D eigenvalue weighted by Crippen LogP contribution is -2.35. The van der Waals surface area contributed by atoms with Crippen LogP contribution >= 0.6 is 0 Å². The highest BCUT2D eigenvalue weighted by Crippen LogP contribution is 2.30. The van der Waals surface area contributed by atoms with Gasteiger partial charge in [-0.05, 0) is 40.0 Å². The highest BCUT2D eigenvalue weighted by atomic mass is 15.4. The minimum absolute atomic E-state index is 0.135. The van der Waals surface area contributed by atoms with E-state index in [0.717, 1.165) is 18.2 Å². The van der Waals surface area contributed by atoms with E-state index in [1.807, 2.05) is 0 Å². The Kier molecular flexibility index (Phi) is 4.43. The van der Waals surface area contributed by atoms with Gasteiger partial charge in [0.1, 0.15) is 5.82 Å². The molecule has 0 aromatic carbocycles. The molecular weight excluding hydrogens is 248 g/mol. The van der Waals surface area contributed by atoms with Gasteiger partial charge >= 0.3 is 0 Å². The Morgan fingerprint density at radius 2 is 2.05 bits per heavy atom. The molecule has 1 aromatic heterocycles. The molecule has 0 bridgehead atoms. The summed E-state index contributed by atoms with van der Waals surface area (Å²) in [4.78, 5) is 2.52. The Bertz CT molecular complexity index is 456. The lowest BCUT2D eigenvalue weighted by molar-refractivity contribution is 0.423. The van der Waals surface area contributed by atoms with Gasteiger partial charge in [-0.2, -0.15) is 5.10 Å². The van der Waals surface area contributed by atoms with Crippen LogP contribution < -0.4 is 10.2 Å². The maximum absolute atomic E-state index is 4.64.